The van der Waals surface area contributed by atoms with Crippen LogP contribution in [0.5, 0.6) is 0 Å². The number of fused-ring (bicyclic) bond motifs is 1. The first-order valence-corrected chi connectivity index (χ1v) is 9.13. The van der Waals surface area contributed by atoms with Crippen LogP contribution in [0.1, 0.15) is 39.0 Å². The third-order valence-electron chi connectivity index (χ3n) is 4.98. The summed E-state index contributed by atoms with van der Waals surface area (Å²) in [6, 6.07) is 8.85. The molecule has 1 aromatic carbocycles. The van der Waals surface area contributed by atoms with E-state index in [1.54, 1.807) is 0 Å². The number of nitrogens with one attached hydrogen (secondary N) is 2. The maximum atomic E-state index is 4.44. The zero-order valence-corrected chi connectivity index (χ0v) is 17.6. The second kappa shape index (κ2) is 9.99. The molecular formula is C19H30IN5. The minimum absolute atomic E-state index is 0. The van der Waals surface area contributed by atoms with Crippen molar-refractivity contribution in [2.24, 2.45) is 10.9 Å². The molecule has 5 nitrogen and oxygen atoms in total. The molecule has 0 unspecified atom stereocenters. The van der Waals surface area contributed by atoms with Crippen LogP contribution in [-0.2, 0) is 6.54 Å². The Bertz CT molecular complexity index is 673. The second-order valence-corrected chi connectivity index (χ2v) is 6.88. The van der Waals surface area contributed by atoms with E-state index in [1.165, 1.54) is 31.2 Å². The number of aryl methyl sites for hydroxylation is 1. The van der Waals surface area contributed by atoms with Crippen LogP contribution in [0, 0.1) is 5.92 Å². The van der Waals surface area contributed by atoms with E-state index in [0.29, 0.717) is 6.04 Å². The van der Waals surface area contributed by atoms with E-state index in [1.807, 2.05) is 19.4 Å². The van der Waals surface area contributed by atoms with Crippen LogP contribution >= 0.6 is 24.0 Å². The fraction of sp³-hybridized carbons (Fsp3) is 0.579. The van der Waals surface area contributed by atoms with E-state index >= 15 is 0 Å². The van der Waals surface area contributed by atoms with Gasteiger partial charge in [-0.3, -0.25) is 4.99 Å². The molecule has 3 rings (SSSR count). The average Bonchev–Trinajstić information content (AvgIpc) is 3.02. The number of aliphatic imine (C=N–C) groups is 1. The number of imidazole rings is 1. The molecule has 1 aliphatic carbocycles. The lowest BCUT2D eigenvalue weighted by atomic mass is 9.87. The van der Waals surface area contributed by atoms with Crippen molar-refractivity contribution in [3.8, 4) is 0 Å². The molecule has 0 radical (unpaired) electrons. The van der Waals surface area contributed by atoms with E-state index < -0.39 is 0 Å². The van der Waals surface area contributed by atoms with Crippen molar-refractivity contribution >= 4 is 41.0 Å². The predicted molar refractivity (Wildman–Crippen MR) is 116 cm³/mol. The predicted octanol–water partition coefficient (Wildman–Crippen LogP) is 3.79. The zero-order valence-electron chi connectivity index (χ0n) is 15.2. The van der Waals surface area contributed by atoms with Gasteiger partial charge in [0.1, 0.15) is 0 Å². The normalized spacial score (nSPS) is 21.0. The van der Waals surface area contributed by atoms with Gasteiger partial charge in [-0.05, 0) is 50.2 Å². The van der Waals surface area contributed by atoms with Crippen molar-refractivity contribution in [1.29, 1.82) is 0 Å². The standard InChI is InChI=1S/C19H29N5.HI/c1-15-8-10-16(11-9-15)23-19(20-2)21-12-5-13-24-14-22-17-6-3-4-7-18(17)24;/h3-4,6-7,14-16H,5,8-13H2,1-2H3,(H2,20,21,23);1H. The minimum Gasteiger partial charge on any atom is -0.356 e. The highest BCUT2D eigenvalue weighted by Gasteiger charge is 2.18. The third kappa shape index (κ3) is 5.59. The van der Waals surface area contributed by atoms with Gasteiger partial charge in [0.05, 0.1) is 17.4 Å². The second-order valence-electron chi connectivity index (χ2n) is 6.88. The van der Waals surface area contributed by atoms with Crippen LogP contribution in [-0.4, -0.2) is 35.1 Å². The zero-order chi connectivity index (χ0) is 16.8. The lowest BCUT2D eigenvalue weighted by Gasteiger charge is -2.28. The Morgan fingerprint density at radius 3 is 2.76 bits per heavy atom. The maximum absolute atomic E-state index is 4.44. The molecule has 1 saturated carbocycles. The van der Waals surface area contributed by atoms with Gasteiger partial charge in [-0.2, -0.15) is 0 Å². The van der Waals surface area contributed by atoms with Gasteiger partial charge in [-0.25, -0.2) is 4.98 Å². The smallest absolute Gasteiger partial charge is 0.191 e. The molecule has 0 amide bonds. The first kappa shape index (κ1) is 20.0. The molecule has 25 heavy (non-hydrogen) atoms. The van der Waals surface area contributed by atoms with Crippen LogP contribution in [0.3, 0.4) is 0 Å². The van der Waals surface area contributed by atoms with Gasteiger partial charge in [-0.1, -0.05) is 19.1 Å². The van der Waals surface area contributed by atoms with Gasteiger partial charge < -0.3 is 15.2 Å². The molecule has 1 aromatic heterocycles. The molecule has 0 atom stereocenters. The van der Waals surface area contributed by atoms with Gasteiger partial charge in [0.2, 0.25) is 0 Å². The van der Waals surface area contributed by atoms with Crippen molar-refractivity contribution in [3.63, 3.8) is 0 Å². The molecular weight excluding hydrogens is 425 g/mol. The topological polar surface area (TPSA) is 54.2 Å². The summed E-state index contributed by atoms with van der Waals surface area (Å²) >= 11 is 0. The third-order valence-corrected chi connectivity index (χ3v) is 4.98. The van der Waals surface area contributed by atoms with Crippen LogP contribution in [0.4, 0.5) is 0 Å². The largest absolute Gasteiger partial charge is 0.356 e. The molecule has 138 valence electrons. The molecule has 0 saturated heterocycles. The Balaban J connectivity index is 0.00000225. The van der Waals surface area contributed by atoms with Crippen molar-refractivity contribution in [2.45, 2.75) is 51.6 Å². The molecule has 1 fully saturated rings. The fourth-order valence-electron chi connectivity index (χ4n) is 3.44. The Kier molecular flexibility index (Phi) is 7.99. The van der Waals surface area contributed by atoms with E-state index in [9.17, 15) is 0 Å². The first-order valence-electron chi connectivity index (χ1n) is 9.13. The Morgan fingerprint density at radius 1 is 1.24 bits per heavy atom. The SMILES string of the molecule is CN=C(NCCCn1cnc2ccccc21)NC1CCC(C)CC1.I. The van der Waals surface area contributed by atoms with E-state index in [0.717, 1.165) is 36.9 Å². The highest BCUT2D eigenvalue weighted by Crippen LogP contribution is 2.23. The summed E-state index contributed by atoms with van der Waals surface area (Å²) in [5.74, 6) is 1.81. The van der Waals surface area contributed by atoms with Gasteiger partial charge in [-0.15, -0.1) is 24.0 Å². The number of benzene rings is 1. The molecule has 6 heteroatoms. The van der Waals surface area contributed by atoms with Crippen LogP contribution in [0.2, 0.25) is 0 Å². The van der Waals surface area contributed by atoms with Crippen LogP contribution in [0.15, 0.2) is 35.6 Å². The number of para-hydroxylation sites is 2. The highest BCUT2D eigenvalue weighted by atomic mass is 127. The summed E-state index contributed by atoms with van der Waals surface area (Å²) < 4.78 is 2.22. The molecule has 0 spiro atoms. The highest BCUT2D eigenvalue weighted by molar-refractivity contribution is 14.0. The fourth-order valence-corrected chi connectivity index (χ4v) is 3.44. The maximum Gasteiger partial charge on any atom is 0.191 e. The summed E-state index contributed by atoms with van der Waals surface area (Å²) in [7, 11) is 1.85. The Labute approximate surface area is 167 Å². The minimum atomic E-state index is 0. The molecule has 0 bridgehead atoms. The molecule has 2 N–H and O–H groups in total. The van der Waals surface area contributed by atoms with Crippen molar-refractivity contribution < 1.29 is 0 Å². The average molecular weight is 455 g/mol. The summed E-state index contributed by atoms with van der Waals surface area (Å²) in [6.07, 6.45) is 8.13. The molecule has 2 aromatic rings. The lowest BCUT2D eigenvalue weighted by Crippen LogP contribution is -2.45. The number of aromatic nitrogens is 2. The molecule has 1 aliphatic rings. The van der Waals surface area contributed by atoms with E-state index in [2.05, 4.69) is 50.3 Å². The Morgan fingerprint density at radius 2 is 2.00 bits per heavy atom. The summed E-state index contributed by atoms with van der Waals surface area (Å²) in [5.41, 5.74) is 2.27. The van der Waals surface area contributed by atoms with Gasteiger partial charge in [0.15, 0.2) is 5.96 Å². The Hall–Kier alpha value is -1.31. The van der Waals surface area contributed by atoms with Gasteiger partial charge >= 0.3 is 0 Å². The van der Waals surface area contributed by atoms with Gasteiger partial charge in [0.25, 0.3) is 0 Å². The molecule has 0 aliphatic heterocycles. The van der Waals surface area contributed by atoms with Crippen LogP contribution < -0.4 is 10.6 Å². The summed E-state index contributed by atoms with van der Waals surface area (Å²) in [6.45, 7) is 4.23. The molecule has 1 heterocycles. The number of halogens is 1. The lowest BCUT2D eigenvalue weighted by molar-refractivity contribution is 0.329. The van der Waals surface area contributed by atoms with E-state index in [-0.39, 0.29) is 24.0 Å². The number of guanidine groups is 1. The van der Waals surface area contributed by atoms with Crippen LogP contribution in [0.25, 0.3) is 11.0 Å². The van der Waals surface area contributed by atoms with Crippen molar-refractivity contribution in [1.82, 2.24) is 20.2 Å². The number of hydrogen-bond donors (Lipinski definition) is 2. The number of hydrogen-bond acceptors (Lipinski definition) is 2. The first-order chi connectivity index (χ1) is 11.8. The van der Waals surface area contributed by atoms with Crippen molar-refractivity contribution in [3.05, 3.63) is 30.6 Å². The quantitative estimate of drug-likeness (QED) is 0.312. The number of rotatable bonds is 5. The monoisotopic (exact) mass is 455 g/mol. The van der Waals surface area contributed by atoms with E-state index in [4.69, 9.17) is 0 Å². The summed E-state index contributed by atoms with van der Waals surface area (Å²) in [4.78, 5) is 8.80. The van der Waals surface area contributed by atoms with Crippen molar-refractivity contribution in [2.75, 3.05) is 13.6 Å². The summed E-state index contributed by atoms with van der Waals surface area (Å²) in [5, 5.41) is 7.01. The number of nitrogens with zero attached hydrogens (tertiary/aromatic N) is 3. The van der Waals surface area contributed by atoms with Gasteiger partial charge in [0, 0.05) is 26.2 Å².